The molecule has 28 heavy (non-hydrogen) atoms. The van der Waals surface area contributed by atoms with E-state index in [9.17, 15) is 9.59 Å². The van der Waals surface area contributed by atoms with Crippen LogP contribution in [0.2, 0.25) is 0 Å². The number of methoxy groups -OCH3 is 2. The van der Waals surface area contributed by atoms with Crippen molar-refractivity contribution in [2.45, 2.75) is 20.3 Å². The van der Waals surface area contributed by atoms with Crippen LogP contribution in [0.3, 0.4) is 0 Å². The van der Waals surface area contributed by atoms with Crippen molar-refractivity contribution in [3.8, 4) is 11.4 Å². The Labute approximate surface area is 169 Å². The van der Waals surface area contributed by atoms with Crippen molar-refractivity contribution in [3.63, 3.8) is 0 Å². The monoisotopic (exact) mass is 400 g/mol. The van der Waals surface area contributed by atoms with Gasteiger partial charge in [0, 0.05) is 43.4 Å². The van der Waals surface area contributed by atoms with Crippen molar-refractivity contribution >= 4 is 29.0 Å². The molecule has 7 heteroatoms. The van der Waals surface area contributed by atoms with E-state index in [1.807, 2.05) is 44.2 Å². The second-order valence-corrected chi connectivity index (χ2v) is 7.54. The standard InChI is InChI=1S/C21H24N2O4S/c1-14-11-16(15(2)23(14)17-7-5-8-18(13-17)27-4)12-19-20(24)22(21(25)28-19)9-6-10-26-3/h5,7-8,11-13H,6,9-10H2,1-4H3/b19-12-. The maximum Gasteiger partial charge on any atom is 0.293 e. The maximum absolute atomic E-state index is 12.6. The molecule has 1 fully saturated rings. The normalized spacial score (nSPS) is 15.7. The third-order valence-corrected chi connectivity index (χ3v) is 5.58. The predicted molar refractivity (Wildman–Crippen MR) is 111 cm³/mol. The highest BCUT2D eigenvalue weighted by molar-refractivity contribution is 8.18. The molecule has 1 saturated heterocycles. The van der Waals surface area contributed by atoms with Crippen LogP contribution < -0.4 is 4.74 Å². The average Bonchev–Trinajstić information content (AvgIpc) is 3.11. The summed E-state index contributed by atoms with van der Waals surface area (Å²) in [6.07, 6.45) is 2.44. The predicted octanol–water partition coefficient (Wildman–Crippen LogP) is 4.18. The SMILES string of the molecule is COCCCN1C(=O)S/C(=C\c2cc(C)n(-c3cccc(OC)c3)c2C)C1=O. The number of benzene rings is 1. The number of aromatic nitrogens is 1. The lowest BCUT2D eigenvalue weighted by Crippen LogP contribution is -2.29. The third kappa shape index (κ3) is 4.00. The molecular weight excluding hydrogens is 376 g/mol. The second-order valence-electron chi connectivity index (χ2n) is 6.54. The number of aryl methyl sites for hydroxylation is 1. The third-order valence-electron chi connectivity index (χ3n) is 4.67. The van der Waals surface area contributed by atoms with E-state index in [0.717, 1.165) is 40.2 Å². The zero-order valence-corrected chi connectivity index (χ0v) is 17.3. The summed E-state index contributed by atoms with van der Waals surface area (Å²) in [4.78, 5) is 26.6. The number of rotatable bonds is 7. The molecule has 0 unspecified atom stereocenters. The molecule has 0 spiro atoms. The highest BCUT2D eigenvalue weighted by Gasteiger charge is 2.34. The van der Waals surface area contributed by atoms with Gasteiger partial charge in [0.15, 0.2) is 0 Å². The number of nitrogens with zero attached hydrogens (tertiary/aromatic N) is 2. The van der Waals surface area contributed by atoms with E-state index in [1.165, 1.54) is 4.90 Å². The minimum atomic E-state index is -0.239. The molecule has 148 valence electrons. The van der Waals surface area contributed by atoms with Gasteiger partial charge in [0.05, 0.1) is 12.0 Å². The quantitative estimate of drug-likeness (QED) is 0.516. The summed E-state index contributed by atoms with van der Waals surface area (Å²) in [7, 11) is 3.24. The second kappa shape index (κ2) is 8.67. The highest BCUT2D eigenvalue weighted by Crippen LogP contribution is 2.34. The average molecular weight is 401 g/mol. The number of ether oxygens (including phenoxy) is 2. The molecule has 0 bridgehead atoms. The topological polar surface area (TPSA) is 60.8 Å². The maximum atomic E-state index is 12.6. The van der Waals surface area contributed by atoms with Gasteiger partial charge in [0.1, 0.15) is 5.75 Å². The van der Waals surface area contributed by atoms with Gasteiger partial charge in [0.2, 0.25) is 0 Å². The van der Waals surface area contributed by atoms with Crippen LogP contribution in [0.1, 0.15) is 23.4 Å². The van der Waals surface area contributed by atoms with Gasteiger partial charge in [-0.15, -0.1) is 0 Å². The van der Waals surface area contributed by atoms with Crippen LogP contribution in [0.25, 0.3) is 11.8 Å². The van der Waals surface area contributed by atoms with Crippen LogP contribution in [0, 0.1) is 13.8 Å². The van der Waals surface area contributed by atoms with E-state index < -0.39 is 0 Å². The fourth-order valence-electron chi connectivity index (χ4n) is 3.28. The Morgan fingerprint density at radius 1 is 1.14 bits per heavy atom. The summed E-state index contributed by atoms with van der Waals surface area (Å²) in [6, 6.07) is 9.84. The van der Waals surface area contributed by atoms with Crippen molar-refractivity contribution in [1.29, 1.82) is 0 Å². The minimum Gasteiger partial charge on any atom is -0.497 e. The Morgan fingerprint density at radius 2 is 1.93 bits per heavy atom. The largest absolute Gasteiger partial charge is 0.497 e. The number of amides is 2. The van der Waals surface area contributed by atoms with Crippen LogP contribution >= 0.6 is 11.8 Å². The number of hydrogen-bond acceptors (Lipinski definition) is 5. The van der Waals surface area contributed by atoms with E-state index >= 15 is 0 Å². The van der Waals surface area contributed by atoms with Crippen molar-refractivity contribution in [3.05, 3.63) is 52.2 Å². The first-order valence-corrected chi connectivity index (χ1v) is 9.85. The van der Waals surface area contributed by atoms with Gasteiger partial charge >= 0.3 is 0 Å². The van der Waals surface area contributed by atoms with E-state index in [4.69, 9.17) is 9.47 Å². The Kier molecular flexibility index (Phi) is 6.26. The van der Waals surface area contributed by atoms with Gasteiger partial charge in [-0.25, -0.2) is 0 Å². The highest BCUT2D eigenvalue weighted by atomic mass is 32.2. The number of thioether (sulfide) groups is 1. The molecular formula is C21H24N2O4S. The molecule has 0 N–H and O–H groups in total. The van der Waals surface area contributed by atoms with Crippen LogP contribution in [0.5, 0.6) is 5.75 Å². The molecule has 0 saturated carbocycles. The van der Waals surface area contributed by atoms with Gasteiger partial charge in [-0.05, 0) is 61.9 Å². The summed E-state index contributed by atoms with van der Waals surface area (Å²) >= 11 is 0.989. The van der Waals surface area contributed by atoms with Crippen LogP contribution in [-0.4, -0.2) is 48.0 Å². The van der Waals surface area contributed by atoms with Gasteiger partial charge in [0.25, 0.3) is 11.1 Å². The summed E-state index contributed by atoms with van der Waals surface area (Å²) in [5.74, 6) is 0.543. The van der Waals surface area contributed by atoms with E-state index in [2.05, 4.69) is 4.57 Å². The first-order valence-electron chi connectivity index (χ1n) is 9.04. The van der Waals surface area contributed by atoms with Crippen LogP contribution in [0.15, 0.2) is 35.2 Å². The molecule has 0 atom stereocenters. The Morgan fingerprint density at radius 3 is 2.64 bits per heavy atom. The lowest BCUT2D eigenvalue weighted by Gasteiger charge is -2.11. The van der Waals surface area contributed by atoms with Crippen LogP contribution in [0.4, 0.5) is 4.79 Å². The fourth-order valence-corrected chi connectivity index (χ4v) is 4.14. The Hall–Kier alpha value is -2.51. The molecule has 2 heterocycles. The summed E-state index contributed by atoms with van der Waals surface area (Å²) < 4.78 is 12.4. The molecule has 1 aromatic carbocycles. The van der Waals surface area contributed by atoms with Crippen LogP contribution in [-0.2, 0) is 9.53 Å². The molecule has 6 nitrogen and oxygen atoms in total. The van der Waals surface area contributed by atoms with Gasteiger partial charge in [-0.1, -0.05) is 6.07 Å². The number of imide groups is 1. The summed E-state index contributed by atoms with van der Waals surface area (Å²) in [5, 5.41) is -0.228. The van der Waals surface area contributed by atoms with Gasteiger partial charge in [-0.3, -0.25) is 14.5 Å². The van der Waals surface area contributed by atoms with Crippen molar-refractivity contribution < 1.29 is 19.1 Å². The lowest BCUT2D eigenvalue weighted by molar-refractivity contribution is -0.122. The molecule has 1 aliphatic heterocycles. The molecule has 3 rings (SSSR count). The zero-order valence-electron chi connectivity index (χ0n) is 16.5. The molecule has 1 aliphatic rings. The zero-order chi connectivity index (χ0) is 20.3. The minimum absolute atomic E-state index is 0.228. The smallest absolute Gasteiger partial charge is 0.293 e. The van der Waals surface area contributed by atoms with E-state index in [-0.39, 0.29) is 11.1 Å². The number of carbonyl (C=O) groups is 2. The van der Waals surface area contributed by atoms with E-state index in [0.29, 0.717) is 24.5 Å². The van der Waals surface area contributed by atoms with Crippen molar-refractivity contribution in [1.82, 2.24) is 9.47 Å². The number of hydrogen-bond donors (Lipinski definition) is 0. The molecule has 0 radical (unpaired) electrons. The fraction of sp³-hybridized carbons (Fsp3) is 0.333. The van der Waals surface area contributed by atoms with Crippen molar-refractivity contribution in [2.75, 3.05) is 27.4 Å². The first kappa shape index (κ1) is 20.2. The summed E-state index contributed by atoms with van der Waals surface area (Å²) in [5.41, 5.74) is 3.94. The first-order chi connectivity index (χ1) is 13.5. The van der Waals surface area contributed by atoms with Crippen molar-refractivity contribution in [2.24, 2.45) is 0 Å². The lowest BCUT2D eigenvalue weighted by atomic mass is 10.2. The number of carbonyl (C=O) groups excluding carboxylic acids is 2. The van der Waals surface area contributed by atoms with E-state index in [1.54, 1.807) is 20.3 Å². The van der Waals surface area contributed by atoms with Gasteiger partial charge < -0.3 is 14.0 Å². The molecule has 0 aliphatic carbocycles. The molecule has 1 aromatic heterocycles. The molecule has 2 aromatic rings. The Bertz CT molecular complexity index is 932. The van der Waals surface area contributed by atoms with Gasteiger partial charge in [-0.2, -0.15) is 0 Å². The Balaban J connectivity index is 1.89. The summed E-state index contributed by atoms with van der Waals surface area (Å²) in [6.45, 7) is 4.91. The molecule has 2 amide bonds.